The van der Waals surface area contributed by atoms with Crippen LogP contribution in [0.1, 0.15) is 18.1 Å². The van der Waals surface area contributed by atoms with Gasteiger partial charge in [0, 0.05) is 63.6 Å². The number of hydrogen-bond donors (Lipinski definition) is 0. The highest BCUT2D eigenvalue weighted by Crippen LogP contribution is 2.26. The van der Waals surface area contributed by atoms with E-state index in [0.29, 0.717) is 32.9 Å². The molecule has 2 fully saturated rings. The summed E-state index contributed by atoms with van der Waals surface area (Å²) in [6, 6.07) is 13.0. The van der Waals surface area contributed by atoms with Gasteiger partial charge >= 0.3 is 0 Å². The van der Waals surface area contributed by atoms with E-state index in [1.807, 2.05) is 24.0 Å². The van der Waals surface area contributed by atoms with E-state index in [9.17, 15) is 9.18 Å². The summed E-state index contributed by atoms with van der Waals surface area (Å²) in [4.78, 5) is 22.2. The van der Waals surface area contributed by atoms with Crippen LogP contribution in [0.4, 0.5) is 10.1 Å². The van der Waals surface area contributed by atoms with E-state index in [-0.39, 0.29) is 17.8 Å². The molecule has 1 atom stereocenters. The topological polar surface area (TPSA) is 48.5 Å². The van der Waals surface area contributed by atoms with Crippen LogP contribution < -0.4 is 9.64 Å². The number of amides is 1. The Morgan fingerprint density at radius 1 is 0.943 bits per heavy atom. The molecule has 0 radical (unpaired) electrons. The molecular weight excluding hydrogens is 447 g/mol. The molecule has 0 N–H and O–H groups in total. The van der Waals surface area contributed by atoms with Crippen LogP contribution in [-0.4, -0.2) is 92.3 Å². The molecule has 2 aromatic rings. The molecule has 0 aromatic heterocycles. The molecule has 1 amide bonds. The van der Waals surface area contributed by atoms with Crippen molar-refractivity contribution in [3.8, 4) is 5.75 Å². The van der Waals surface area contributed by atoms with E-state index in [1.54, 1.807) is 0 Å². The maximum absolute atomic E-state index is 13.3. The number of fused-ring (bicyclic) bond motifs is 1. The highest BCUT2D eigenvalue weighted by molar-refractivity contribution is 5.81. The number of carbonyl (C=O) groups excluding carboxylic acids is 1. The molecule has 2 aromatic carbocycles. The fourth-order valence-corrected chi connectivity index (χ4v) is 5.19. The Labute approximate surface area is 207 Å². The van der Waals surface area contributed by atoms with Crippen LogP contribution in [0, 0.1) is 5.82 Å². The summed E-state index contributed by atoms with van der Waals surface area (Å²) >= 11 is 0. The lowest BCUT2D eigenvalue weighted by Gasteiger charge is -2.36. The molecule has 0 aliphatic carbocycles. The monoisotopic (exact) mass is 482 g/mol. The lowest BCUT2D eigenvalue weighted by Crippen LogP contribution is -2.51. The standard InChI is InChI=1S/C27H35FN4O3/c1-21(30-12-15-34-16-13-30)27(33)32-14-17-35-26-7-2-22(18-23(26)20-32)19-29-8-10-31(11-9-29)25-5-3-24(28)4-6-25/h2-7,18,21H,8-17,19-20H2,1H3/t21-/m1/s1. The van der Waals surface area contributed by atoms with Gasteiger partial charge < -0.3 is 19.3 Å². The summed E-state index contributed by atoms with van der Waals surface area (Å²) in [6.45, 7) is 11.3. The summed E-state index contributed by atoms with van der Waals surface area (Å²) in [7, 11) is 0. The van der Waals surface area contributed by atoms with Crippen LogP contribution in [0.5, 0.6) is 5.75 Å². The van der Waals surface area contributed by atoms with Crippen molar-refractivity contribution in [3.05, 3.63) is 59.4 Å². The van der Waals surface area contributed by atoms with Crippen LogP contribution in [0.15, 0.2) is 42.5 Å². The van der Waals surface area contributed by atoms with Crippen molar-refractivity contribution in [1.82, 2.24) is 14.7 Å². The maximum Gasteiger partial charge on any atom is 0.240 e. The molecule has 5 rings (SSSR count). The van der Waals surface area contributed by atoms with Crippen molar-refractivity contribution in [3.63, 3.8) is 0 Å². The molecule has 0 spiro atoms. The highest BCUT2D eigenvalue weighted by Gasteiger charge is 2.29. The zero-order valence-corrected chi connectivity index (χ0v) is 20.5. The predicted octanol–water partition coefficient (Wildman–Crippen LogP) is 2.59. The molecule has 2 saturated heterocycles. The van der Waals surface area contributed by atoms with Gasteiger partial charge in [0.1, 0.15) is 18.2 Å². The number of halogens is 1. The number of piperazine rings is 1. The summed E-state index contributed by atoms with van der Waals surface area (Å²) in [5.41, 5.74) is 3.38. The van der Waals surface area contributed by atoms with E-state index in [1.165, 1.54) is 17.7 Å². The van der Waals surface area contributed by atoms with Gasteiger partial charge in [0.25, 0.3) is 0 Å². The Balaban J connectivity index is 1.19. The fraction of sp³-hybridized carbons (Fsp3) is 0.519. The highest BCUT2D eigenvalue weighted by atomic mass is 19.1. The number of morpholine rings is 1. The SMILES string of the molecule is C[C@H](C(=O)N1CCOc2ccc(CN3CCN(c4ccc(F)cc4)CC3)cc2C1)N1CCOCC1. The van der Waals surface area contributed by atoms with E-state index in [0.717, 1.165) is 62.8 Å². The van der Waals surface area contributed by atoms with E-state index >= 15 is 0 Å². The van der Waals surface area contributed by atoms with Gasteiger partial charge in [0.2, 0.25) is 5.91 Å². The summed E-state index contributed by atoms with van der Waals surface area (Å²) in [6.07, 6.45) is 0. The molecule has 0 bridgehead atoms. The Hall–Kier alpha value is -2.68. The number of nitrogens with zero attached hydrogens (tertiary/aromatic N) is 4. The van der Waals surface area contributed by atoms with Gasteiger partial charge in [-0.1, -0.05) is 6.07 Å². The molecule has 7 nitrogen and oxygen atoms in total. The Morgan fingerprint density at radius 2 is 1.69 bits per heavy atom. The van der Waals surface area contributed by atoms with Gasteiger partial charge in [-0.3, -0.25) is 14.6 Å². The number of anilines is 1. The number of carbonyl (C=O) groups is 1. The molecule has 188 valence electrons. The average molecular weight is 483 g/mol. The molecule has 35 heavy (non-hydrogen) atoms. The normalized spacial score (nSPS) is 20.6. The van der Waals surface area contributed by atoms with E-state index < -0.39 is 0 Å². The van der Waals surface area contributed by atoms with Crippen molar-refractivity contribution in [2.24, 2.45) is 0 Å². The van der Waals surface area contributed by atoms with Crippen molar-refractivity contribution < 1.29 is 18.7 Å². The third-order valence-corrected chi connectivity index (χ3v) is 7.34. The number of ether oxygens (including phenoxy) is 2. The summed E-state index contributed by atoms with van der Waals surface area (Å²) in [5, 5.41) is 0. The molecule has 0 unspecified atom stereocenters. The first-order chi connectivity index (χ1) is 17.1. The second-order valence-electron chi connectivity index (χ2n) is 9.61. The Bertz CT molecular complexity index is 1000. The molecule has 0 saturated carbocycles. The minimum Gasteiger partial charge on any atom is -0.491 e. The quantitative estimate of drug-likeness (QED) is 0.653. The van der Waals surface area contributed by atoms with Crippen LogP contribution in [-0.2, 0) is 22.6 Å². The third-order valence-electron chi connectivity index (χ3n) is 7.34. The lowest BCUT2D eigenvalue weighted by molar-refractivity contribution is -0.138. The largest absolute Gasteiger partial charge is 0.491 e. The van der Waals surface area contributed by atoms with Gasteiger partial charge in [-0.15, -0.1) is 0 Å². The second kappa shape index (κ2) is 10.9. The number of rotatable bonds is 5. The van der Waals surface area contributed by atoms with Gasteiger partial charge in [-0.05, 0) is 48.9 Å². The Kier molecular flexibility index (Phi) is 7.51. The minimum absolute atomic E-state index is 0.152. The van der Waals surface area contributed by atoms with Crippen molar-refractivity contribution in [2.75, 3.05) is 70.5 Å². The molecule has 8 heteroatoms. The van der Waals surface area contributed by atoms with Crippen molar-refractivity contribution >= 4 is 11.6 Å². The van der Waals surface area contributed by atoms with Gasteiger partial charge in [0.15, 0.2) is 0 Å². The van der Waals surface area contributed by atoms with Crippen LogP contribution in [0.2, 0.25) is 0 Å². The summed E-state index contributed by atoms with van der Waals surface area (Å²) in [5.74, 6) is 0.838. The molecular formula is C27H35FN4O3. The molecule has 3 heterocycles. The second-order valence-corrected chi connectivity index (χ2v) is 9.61. The maximum atomic E-state index is 13.3. The first kappa shape index (κ1) is 24.0. The van der Waals surface area contributed by atoms with Gasteiger partial charge in [-0.2, -0.15) is 0 Å². The van der Waals surface area contributed by atoms with Crippen LogP contribution in [0.3, 0.4) is 0 Å². The number of hydrogen-bond acceptors (Lipinski definition) is 6. The average Bonchev–Trinajstić information content (AvgIpc) is 3.11. The van der Waals surface area contributed by atoms with Crippen molar-refractivity contribution in [2.45, 2.75) is 26.1 Å². The van der Waals surface area contributed by atoms with Crippen LogP contribution in [0.25, 0.3) is 0 Å². The summed E-state index contributed by atoms with van der Waals surface area (Å²) < 4.78 is 24.7. The smallest absolute Gasteiger partial charge is 0.240 e. The number of benzene rings is 2. The van der Waals surface area contributed by atoms with Gasteiger partial charge in [-0.25, -0.2) is 4.39 Å². The Morgan fingerprint density at radius 3 is 2.43 bits per heavy atom. The fourth-order valence-electron chi connectivity index (χ4n) is 5.19. The molecule has 3 aliphatic heterocycles. The van der Waals surface area contributed by atoms with Gasteiger partial charge in [0.05, 0.1) is 25.8 Å². The van der Waals surface area contributed by atoms with E-state index in [2.05, 4.69) is 32.9 Å². The first-order valence-electron chi connectivity index (χ1n) is 12.6. The third kappa shape index (κ3) is 5.77. The zero-order valence-electron chi connectivity index (χ0n) is 20.5. The minimum atomic E-state index is -0.199. The predicted molar refractivity (Wildman–Crippen MR) is 133 cm³/mol. The van der Waals surface area contributed by atoms with Crippen molar-refractivity contribution in [1.29, 1.82) is 0 Å². The lowest BCUT2D eigenvalue weighted by atomic mass is 10.1. The zero-order chi connectivity index (χ0) is 24.2. The van der Waals surface area contributed by atoms with Crippen LogP contribution >= 0.6 is 0 Å². The first-order valence-corrected chi connectivity index (χ1v) is 12.6. The van der Waals surface area contributed by atoms with E-state index in [4.69, 9.17) is 9.47 Å². The molecule has 3 aliphatic rings.